The van der Waals surface area contributed by atoms with E-state index in [9.17, 15) is 4.79 Å². The van der Waals surface area contributed by atoms with Gasteiger partial charge in [-0.1, -0.05) is 23.7 Å². The van der Waals surface area contributed by atoms with Gasteiger partial charge in [0.05, 0.1) is 12.8 Å². The van der Waals surface area contributed by atoms with Gasteiger partial charge >= 0.3 is 0 Å². The molecule has 3 aromatic rings. The predicted octanol–water partition coefficient (Wildman–Crippen LogP) is 4.41. The lowest BCUT2D eigenvalue weighted by Gasteiger charge is -2.15. The van der Waals surface area contributed by atoms with Gasteiger partial charge in [-0.3, -0.25) is 4.79 Å². The lowest BCUT2D eigenvalue weighted by molar-refractivity contribution is 0.101. The van der Waals surface area contributed by atoms with Crippen LogP contribution in [-0.4, -0.2) is 22.9 Å². The van der Waals surface area contributed by atoms with E-state index >= 15 is 0 Å². The summed E-state index contributed by atoms with van der Waals surface area (Å²) < 4.78 is 5.32. The van der Waals surface area contributed by atoms with Crippen LogP contribution in [-0.2, 0) is 0 Å². The van der Waals surface area contributed by atoms with Crippen molar-refractivity contribution < 1.29 is 9.53 Å². The Balaban J connectivity index is 1.90. The molecule has 27 heavy (non-hydrogen) atoms. The van der Waals surface area contributed by atoms with Crippen molar-refractivity contribution in [3.63, 3.8) is 0 Å². The molecular formula is C19H18ClN5O2. The number of halogens is 1. The van der Waals surface area contributed by atoms with Gasteiger partial charge in [0.2, 0.25) is 0 Å². The van der Waals surface area contributed by atoms with Gasteiger partial charge in [0, 0.05) is 16.3 Å². The van der Waals surface area contributed by atoms with Crippen LogP contribution in [0.15, 0.2) is 48.8 Å². The van der Waals surface area contributed by atoms with E-state index in [4.69, 9.17) is 22.1 Å². The fraction of sp³-hybridized carbons (Fsp3) is 0.105. The first-order chi connectivity index (χ1) is 13.0. The van der Waals surface area contributed by atoms with Crippen LogP contribution in [0.2, 0.25) is 5.02 Å². The fourth-order valence-corrected chi connectivity index (χ4v) is 2.63. The minimum atomic E-state index is -0.0234. The van der Waals surface area contributed by atoms with E-state index in [2.05, 4.69) is 20.6 Å². The molecule has 0 bridgehead atoms. The molecule has 0 saturated heterocycles. The highest BCUT2D eigenvalue weighted by Crippen LogP contribution is 2.33. The molecule has 7 nitrogen and oxygen atoms in total. The number of ketones is 1. The van der Waals surface area contributed by atoms with Crippen LogP contribution in [0.4, 0.5) is 28.7 Å². The lowest BCUT2D eigenvalue weighted by Crippen LogP contribution is -2.06. The van der Waals surface area contributed by atoms with E-state index in [0.717, 1.165) is 0 Å². The van der Waals surface area contributed by atoms with Crippen molar-refractivity contribution >= 4 is 46.1 Å². The quantitative estimate of drug-likeness (QED) is 0.542. The van der Waals surface area contributed by atoms with Crippen molar-refractivity contribution in [2.75, 3.05) is 23.5 Å². The summed E-state index contributed by atoms with van der Waals surface area (Å²) in [6, 6.07) is 12.3. The third kappa shape index (κ3) is 4.27. The zero-order valence-electron chi connectivity index (χ0n) is 14.8. The Hall–Kier alpha value is -3.32. The number of methoxy groups -OCH3 is 1. The minimum absolute atomic E-state index is 0.0234. The fourth-order valence-electron chi connectivity index (χ4n) is 2.45. The second-order valence-electron chi connectivity index (χ2n) is 5.72. The van der Waals surface area contributed by atoms with Gasteiger partial charge in [-0.2, -0.15) is 0 Å². The minimum Gasteiger partial charge on any atom is -0.495 e. The largest absolute Gasteiger partial charge is 0.495 e. The molecule has 1 heterocycles. The third-order valence-corrected chi connectivity index (χ3v) is 4.07. The second kappa shape index (κ2) is 7.92. The number of nitrogens with two attached hydrogens (primary N) is 1. The van der Waals surface area contributed by atoms with E-state index in [0.29, 0.717) is 45.0 Å². The van der Waals surface area contributed by atoms with E-state index in [1.165, 1.54) is 13.3 Å². The van der Waals surface area contributed by atoms with E-state index in [1.807, 2.05) is 6.07 Å². The Morgan fingerprint density at radius 1 is 1.11 bits per heavy atom. The van der Waals surface area contributed by atoms with Gasteiger partial charge in [-0.25, -0.2) is 9.97 Å². The standard InChI is InChI=1S/C19H18ClN5O2/c1-11(26)12-4-3-5-14(8-12)24-18-17(21)19(23-10-22-18)25-15-9-13(20)6-7-16(15)27-2/h3-10H,21H2,1-2H3,(H2,22,23,24,25). The van der Waals surface area contributed by atoms with Crippen molar-refractivity contribution in [3.8, 4) is 5.75 Å². The molecule has 0 atom stereocenters. The molecular weight excluding hydrogens is 366 g/mol. The number of hydrogen-bond acceptors (Lipinski definition) is 7. The molecule has 4 N–H and O–H groups in total. The number of hydrogen-bond donors (Lipinski definition) is 3. The highest BCUT2D eigenvalue weighted by Gasteiger charge is 2.12. The van der Waals surface area contributed by atoms with Crippen LogP contribution in [0, 0.1) is 0 Å². The monoisotopic (exact) mass is 383 g/mol. The third-order valence-electron chi connectivity index (χ3n) is 3.83. The maximum atomic E-state index is 11.6. The summed E-state index contributed by atoms with van der Waals surface area (Å²) in [5.74, 6) is 1.38. The van der Waals surface area contributed by atoms with E-state index in [1.54, 1.807) is 43.5 Å². The molecule has 138 valence electrons. The van der Waals surface area contributed by atoms with Gasteiger partial charge in [0.15, 0.2) is 17.4 Å². The summed E-state index contributed by atoms with van der Waals surface area (Å²) in [7, 11) is 1.56. The number of carbonyl (C=O) groups excluding carboxylic acids is 1. The highest BCUT2D eigenvalue weighted by atomic mass is 35.5. The van der Waals surface area contributed by atoms with Crippen LogP contribution in [0.1, 0.15) is 17.3 Å². The van der Waals surface area contributed by atoms with Crippen LogP contribution < -0.4 is 21.1 Å². The normalized spacial score (nSPS) is 10.3. The van der Waals surface area contributed by atoms with Crippen molar-refractivity contribution in [1.82, 2.24) is 9.97 Å². The molecule has 0 radical (unpaired) electrons. The average Bonchev–Trinajstić information content (AvgIpc) is 2.65. The maximum Gasteiger partial charge on any atom is 0.159 e. The maximum absolute atomic E-state index is 11.6. The van der Waals surface area contributed by atoms with Crippen molar-refractivity contribution in [2.24, 2.45) is 0 Å². The summed E-state index contributed by atoms with van der Waals surface area (Å²) in [6.45, 7) is 1.51. The Kier molecular flexibility index (Phi) is 5.42. The van der Waals surface area contributed by atoms with Crippen LogP contribution in [0.25, 0.3) is 0 Å². The first-order valence-electron chi connectivity index (χ1n) is 8.07. The summed E-state index contributed by atoms with van der Waals surface area (Å²) in [6.07, 6.45) is 1.38. The first-order valence-corrected chi connectivity index (χ1v) is 8.45. The Morgan fingerprint density at radius 3 is 2.56 bits per heavy atom. The van der Waals surface area contributed by atoms with Gasteiger partial charge < -0.3 is 21.1 Å². The van der Waals surface area contributed by atoms with Gasteiger partial charge in [0.1, 0.15) is 17.8 Å². The smallest absolute Gasteiger partial charge is 0.159 e. The molecule has 0 aliphatic rings. The van der Waals surface area contributed by atoms with Gasteiger partial charge in [-0.05, 0) is 37.3 Å². The summed E-state index contributed by atoms with van der Waals surface area (Å²) >= 11 is 6.06. The first kappa shape index (κ1) is 18.5. The number of carbonyl (C=O) groups is 1. The molecule has 0 unspecified atom stereocenters. The number of rotatable bonds is 6. The molecule has 0 saturated carbocycles. The van der Waals surface area contributed by atoms with Crippen molar-refractivity contribution in [3.05, 3.63) is 59.4 Å². The topological polar surface area (TPSA) is 102 Å². The SMILES string of the molecule is COc1ccc(Cl)cc1Nc1ncnc(Nc2cccc(C(C)=O)c2)c1N. The number of ether oxygens (including phenoxy) is 1. The molecule has 3 rings (SSSR count). The van der Waals surface area contributed by atoms with E-state index < -0.39 is 0 Å². The number of Topliss-reactive ketones (excluding diaryl/α,β-unsaturated/α-hetero) is 1. The Morgan fingerprint density at radius 2 is 1.85 bits per heavy atom. The molecule has 8 heteroatoms. The van der Waals surface area contributed by atoms with Crippen LogP contribution >= 0.6 is 11.6 Å². The number of nitrogen functional groups attached to an aromatic ring is 1. The highest BCUT2D eigenvalue weighted by molar-refractivity contribution is 6.31. The molecule has 1 aromatic heterocycles. The number of nitrogens with zero attached hydrogens (tertiary/aromatic N) is 2. The molecule has 0 fully saturated rings. The zero-order valence-corrected chi connectivity index (χ0v) is 15.5. The zero-order chi connectivity index (χ0) is 19.4. The summed E-state index contributed by atoms with van der Waals surface area (Å²) in [5, 5.41) is 6.76. The number of aromatic nitrogens is 2. The molecule has 0 amide bonds. The van der Waals surface area contributed by atoms with Gasteiger partial charge in [-0.15, -0.1) is 0 Å². The summed E-state index contributed by atoms with van der Waals surface area (Å²) in [4.78, 5) is 19.9. The Bertz CT molecular complexity index is 994. The molecule has 2 aromatic carbocycles. The second-order valence-corrected chi connectivity index (χ2v) is 6.15. The van der Waals surface area contributed by atoms with Gasteiger partial charge in [0.25, 0.3) is 0 Å². The van der Waals surface area contributed by atoms with Crippen molar-refractivity contribution in [1.29, 1.82) is 0 Å². The van der Waals surface area contributed by atoms with Crippen LogP contribution in [0.5, 0.6) is 5.75 Å². The molecule has 0 spiro atoms. The van der Waals surface area contributed by atoms with Crippen molar-refractivity contribution in [2.45, 2.75) is 6.92 Å². The number of benzene rings is 2. The van der Waals surface area contributed by atoms with E-state index in [-0.39, 0.29) is 5.78 Å². The average molecular weight is 384 g/mol. The number of nitrogens with one attached hydrogen (secondary N) is 2. The molecule has 0 aliphatic heterocycles. The lowest BCUT2D eigenvalue weighted by atomic mass is 10.1. The Labute approximate surface area is 161 Å². The number of anilines is 5. The summed E-state index contributed by atoms with van der Waals surface area (Å²) in [5.41, 5.74) is 8.44. The molecule has 0 aliphatic carbocycles. The van der Waals surface area contributed by atoms with Crippen LogP contribution in [0.3, 0.4) is 0 Å². The predicted molar refractivity (Wildman–Crippen MR) is 107 cm³/mol.